The molecule has 5 nitrogen and oxygen atoms in total. The van der Waals surface area contributed by atoms with Crippen LogP contribution in [0.15, 0.2) is 18.2 Å². The fraction of sp³-hybridized carbons (Fsp3) is 0.600. The van der Waals surface area contributed by atoms with E-state index >= 15 is 0 Å². The van der Waals surface area contributed by atoms with Crippen LogP contribution in [0.2, 0.25) is 0 Å². The summed E-state index contributed by atoms with van der Waals surface area (Å²) in [6, 6.07) is 5.54. The molecule has 0 amide bonds. The maximum Gasteiger partial charge on any atom is 0.270 e. The minimum atomic E-state index is -0.335. The van der Waals surface area contributed by atoms with Gasteiger partial charge in [-0.1, -0.05) is 0 Å². The number of piperidine rings is 1. The fourth-order valence-corrected chi connectivity index (χ4v) is 3.58. The van der Waals surface area contributed by atoms with Crippen LogP contribution in [-0.4, -0.2) is 30.6 Å². The van der Waals surface area contributed by atoms with Crippen LogP contribution >= 0.6 is 22.6 Å². The van der Waals surface area contributed by atoms with Crippen LogP contribution in [0, 0.1) is 19.6 Å². The number of hydrogen-bond acceptors (Lipinski definition) is 4. The molecule has 1 aromatic carbocycles. The lowest BCUT2D eigenvalue weighted by Gasteiger charge is -2.35. The standard InChI is InChI=1S/C15H22IN3O2/c1-11(2)18(10-12-5-7-17-8-6-12)15-4-3-13(19(20)21)9-14(15)16/h3-4,9,11-12,17H,5-8,10H2,1-2H3. The minimum absolute atomic E-state index is 0.161. The second kappa shape index (κ2) is 7.40. The molecule has 1 saturated heterocycles. The monoisotopic (exact) mass is 403 g/mol. The van der Waals surface area contributed by atoms with Gasteiger partial charge in [0.15, 0.2) is 0 Å². The number of benzene rings is 1. The molecule has 1 aliphatic rings. The number of nitrogens with zero attached hydrogens (tertiary/aromatic N) is 2. The predicted molar refractivity (Wildman–Crippen MR) is 93.9 cm³/mol. The molecule has 0 radical (unpaired) electrons. The molecule has 1 N–H and O–H groups in total. The van der Waals surface area contributed by atoms with E-state index in [0.29, 0.717) is 12.0 Å². The summed E-state index contributed by atoms with van der Waals surface area (Å²) in [4.78, 5) is 12.9. The molecule has 2 rings (SSSR count). The van der Waals surface area contributed by atoms with Gasteiger partial charge in [0.1, 0.15) is 0 Å². The van der Waals surface area contributed by atoms with Crippen molar-refractivity contribution in [2.75, 3.05) is 24.5 Å². The summed E-state index contributed by atoms with van der Waals surface area (Å²) in [5.74, 6) is 0.694. The molecule has 0 aromatic heterocycles. The first-order chi connectivity index (χ1) is 9.99. The average Bonchev–Trinajstić information content (AvgIpc) is 2.46. The molecule has 6 heteroatoms. The summed E-state index contributed by atoms with van der Waals surface area (Å²) in [5.41, 5.74) is 1.27. The highest BCUT2D eigenvalue weighted by molar-refractivity contribution is 14.1. The number of anilines is 1. The Bertz CT molecular complexity index is 502. The summed E-state index contributed by atoms with van der Waals surface area (Å²) in [5, 5.41) is 14.3. The number of hydrogen-bond donors (Lipinski definition) is 1. The quantitative estimate of drug-likeness (QED) is 0.465. The average molecular weight is 403 g/mol. The van der Waals surface area contributed by atoms with Crippen molar-refractivity contribution >= 4 is 34.0 Å². The first kappa shape index (κ1) is 16.5. The summed E-state index contributed by atoms with van der Waals surface area (Å²) >= 11 is 2.20. The second-order valence-electron chi connectivity index (χ2n) is 5.83. The van der Waals surface area contributed by atoms with Crippen LogP contribution in [-0.2, 0) is 0 Å². The Hall–Kier alpha value is -0.890. The Morgan fingerprint density at radius 1 is 1.43 bits per heavy atom. The van der Waals surface area contributed by atoms with Gasteiger partial charge in [-0.25, -0.2) is 0 Å². The van der Waals surface area contributed by atoms with Crippen LogP contribution in [0.3, 0.4) is 0 Å². The molecule has 1 aliphatic heterocycles. The second-order valence-corrected chi connectivity index (χ2v) is 6.99. The zero-order valence-corrected chi connectivity index (χ0v) is 14.7. The molecule has 1 fully saturated rings. The van der Waals surface area contributed by atoms with Gasteiger partial charge in [-0.15, -0.1) is 0 Å². The van der Waals surface area contributed by atoms with Crippen molar-refractivity contribution in [3.05, 3.63) is 31.9 Å². The SMILES string of the molecule is CC(C)N(CC1CCNCC1)c1ccc([N+](=O)[O-])cc1I. The van der Waals surface area contributed by atoms with Crippen molar-refractivity contribution < 1.29 is 4.92 Å². The van der Waals surface area contributed by atoms with Crippen molar-refractivity contribution in [1.29, 1.82) is 0 Å². The molecule has 0 spiro atoms. The van der Waals surface area contributed by atoms with Gasteiger partial charge in [0.05, 0.1) is 10.6 Å². The highest BCUT2D eigenvalue weighted by atomic mass is 127. The minimum Gasteiger partial charge on any atom is -0.368 e. The van der Waals surface area contributed by atoms with E-state index in [1.54, 1.807) is 12.1 Å². The number of halogens is 1. The highest BCUT2D eigenvalue weighted by Crippen LogP contribution is 2.30. The van der Waals surface area contributed by atoms with Crippen LogP contribution in [0.4, 0.5) is 11.4 Å². The van der Waals surface area contributed by atoms with E-state index in [-0.39, 0.29) is 10.6 Å². The van der Waals surface area contributed by atoms with Gasteiger partial charge < -0.3 is 10.2 Å². The van der Waals surface area contributed by atoms with Crippen molar-refractivity contribution in [1.82, 2.24) is 5.32 Å². The van der Waals surface area contributed by atoms with Crippen LogP contribution < -0.4 is 10.2 Å². The van der Waals surface area contributed by atoms with Crippen molar-refractivity contribution in [2.24, 2.45) is 5.92 Å². The van der Waals surface area contributed by atoms with Crippen LogP contribution in [0.25, 0.3) is 0 Å². The maximum absolute atomic E-state index is 10.9. The van der Waals surface area contributed by atoms with Crippen LogP contribution in [0.1, 0.15) is 26.7 Å². The third-order valence-electron chi connectivity index (χ3n) is 3.99. The van der Waals surface area contributed by atoms with Gasteiger partial charge in [0.25, 0.3) is 5.69 Å². The molecular formula is C15H22IN3O2. The first-order valence-electron chi connectivity index (χ1n) is 7.40. The number of non-ortho nitro benzene ring substituents is 1. The zero-order valence-electron chi connectivity index (χ0n) is 12.5. The number of nitro benzene ring substituents is 1. The largest absolute Gasteiger partial charge is 0.368 e. The molecule has 21 heavy (non-hydrogen) atoms. The summed E-state index contributed by atoms with van der Waals surface area (Å²) in [6.45, 7) is 7.56. The van der Waals surface area contributed by atoms with E-state index in [0.717, 1.165) is 28.9 Å². The van der Waals surface area contributed by atoms with Gasteiger partial charge in [-0.2, -0.15) is 0 Å². The number of nitro groups is 1. The Kier molecular flexibility index (Phi) is 5.80. The molecule has 116 valence electrons. The lowest BCUT2D eigenvalue weighted by molar-refractivity contribution is -0.384. The smallest absolute Gasteiger partial charge is 0.270 e. The summed E-state index contributed by atoms with van der Waals surface area (Å²) < 4.78 is 0.949. The topological polar surface area (TPSA) is 58.4 Å². The Balaban J connectivity index is 2.19. The van der Waals surface area contributed by atoms with Crippen molar-refractivity contribution in [2.45, 2.75) is 32.7 Å². The fourth-order valence-electron chi connectivity index (χ4n) is 2.77. The third-order valence-corrected chi connectivity index (χ3v) is 4.85. The number of nitrogens with one attached hydrogen (secondary N) is 1. The van der Waals surface area contributed by atoms with E-state index in [1.807, 2.05) is 6.07 Å². The molecule has 1 heterocycles. The summed E-state index contributed by atoms with van der Waals surface area (Å²) in [6.07, 6.45) is 2.40. The molecule has 0 atom stereocenters. The van der Waals surface area contributed by atoms with E-state index in [1.165, 1.54) is 12.8 Å². The van der Waals surface area contributed by atoms with Gasteiger partial charge in [0, 0.05) is 28.3 Å². The van der Waals surface area contributed by atoms with Crippen molar-refractivity contribution in [3.8, 4) is 0 Å². The van der Waals surface area contributed by atoms with Gasteiger partial charge >= 0.3 is 0 Å². The van der Waals surface area contributed by atoms with E-state index in [9.17, 15) is 10.1 Å². The van der Waals surface area contributed by atoms with Crippen molar-refractivity contribution in [3.63, 3.8) is 0 Å². The van der Waals surface area contributed by atoms with E-state index in [2.05, 4.69) is 46.7 Å². The molecule has 0 aliphatic carbocycles. The Morgan fingerprint density at radius 3 is 2.62 bits per heavy atom. The molecule has 0 unspecified atom stereocenters. The summed E-state index contributed by atoms with van der Waals surface area (Å²) in [7, 11) is 0. The van der Waals surface area contributed by atoms with Gasteiger partial charge in [0.2, 0.25) is 0 Å². The lowest BCUT2D eigenvalue weighted by atomic mass is 9.96. The zero-order chi connectivity index (χ0) is 15.4. The molecule has 0 bridgehead atoms. The van der Waals surface area contributed by atoms with Crippen LogP contribution in [0.5, 0.6) is 0 Å². The van der Waals surface area contributed by atoms with E-state index in [4.69, 9.17) is 0 Å². The highest BCUT2D eigenvalue weighted by Gasteiger charge is 2.21. The Morgan fingerprint density at radius 2 is 2.10 bits per heavy atom. The number of rotatable bonds is 5. The Labute approximate surface area is 139 Å². The van der Waals surface area contributed by atoms with Gasteiger partial charge in [-0.3, -0.25) is 10.1 Å². The molecule has 1 aromatic rings. The molecule has 0 saturated carbocycles. The molecular weight excluding hydrogens is 381 g/mol. The maximum atomic E-state index is 10.9. The predicted octanol–water partition coefficient (Wildman–Crippen LogP) is 3.41. The normalized spacial score (nSPS) is 16.2. The van der Waals surface area contributed by atoms with E-state index < -0.39 is 0 Å². The first-order valence-corrected chi connectivity index (χ1v) is 8.48. The lowest BCUT2D eigenvalue weighted by Crippen LogP contribution is -2.39. The third kappa shape index (κ3) is 4.29. The van der Waals surface area contributed by atoms with Gasteiger partial charge in [-0.05, 0) is 74.4 Å².